The lowest BCUT2D eigenvalue weighted by molar-refractivity contribution is -0.870. The number of esters is 2. The molecule has 0 saturated heterocycles. The monoisotopic (exact) mass is 1050 g/mol. The van der Waals surface area contributed by atoms with Crippen molar-refractivity contribution in [2.24, 2.45) is 0 Å². The van der Waals surface area contributed by atoms with E-state index in [2.05, 4.69) is 38.2 Å². The van der Waals surface area contributed by atoms with Gasteiger partial charge in [0.2, 0.25) is 0 Å². The molecule has 0 aromatic rings. The normalized spacial score (nSPS) is 13.3. The van der Waals surface area contributed by atoms with Crippen molar-refractivity contribution in [3.8, 4) is 0 Å². The summed E-state index contributed by atoms with van der Waals surface area (Å²) < 4.78 is 34.7. The van der Waals surface area contributed by atoms with Gasteiger partial charge in [-0.2, -0.15) is 0 Å². The van der Waals surface area contributed by atoms with Crippen LogP contribution in [0.15, 0.2) is 24.3 Å². The Kier molecular flexibility index (Phi) is 54.1. The Morgan fingerprint density at radius 3 is 1.08 bits per heavy atom. The third-order valence-electron chi connectivity index (χ3n) is 14.2. The summed E-state index contributed by atoms with van der Waals surface area (Å²) >= 11 is 0. The molecule has 10 heteroatoms. The molecule has 2 atom stereocenters. The number of allylic oxidation sites excluding steroid dienone is 4. The van der Waals surface area contributed by atoms with Gasteiger partial charge in [0.15, 0.2) is 6.10 Å². The van der Waals surface area contributed by atoms with Crippen LogP contribution in [0.5, 0.6) is 0 Å². The Morgan fingerprint density at radius 2 is 0.740 bits per heavy atom. The highest BCUT2D eigenvalue weighted by molar-refractivity contribution is 7.47. The lowest BCUT2D eigenvalue weighted by atomic mass is 10.0. The number of nitrogens with zero attached hydrogens (tertiary/aromatic N) is 1. The van der Waals surface area contributed by atoms with Crippen molar-refractivity contribution < 1.29 is 42.1 Å². The molecule has 0 rings (SSSR count). The van der Waals surface area contributed by atoms with Crippen LogP contribution in [0.3, 0.4) is 0 Å². The first-order valence-corrected chi connectivity index (χ1v) is 33.1. The Morgan fingerprint density at radius 1 is 0.425 bits per heavy atom. The van der Waals surface area contributed by atoms with E-state index < -0.39 is 26.5 Å². The molecule has 9 nitrogen and oxygen atoms in total. The molecule has 0 heterocycles. The van der Waals surface area contributed by atoms with E-state index in [1.165, 1.54) is 244 Å². The molecule has 0 amide bonds. The van der Waals surface area contributed by atoms with Gasteiger partial charge >= 0.3 is 19.8 Å². The number of ether oxygens (including phenoxy) is 2. The Labute approximate surface area is 453 Å². The van der Waals surface area contributed by atoms with Gasteiger partial charge in [-0.15, -0.1) is 0 Å². The lowest BCUT2D eigenvalue weighted by Crippen LogP contribution is -2.37. The van der Waals surface area contributed by atoms with Crippen LogP contribution in [-0.2, 0) is 32.7 Å². The predicted octanol–water partition coefficient (Wildman–Crippen LogP) is 19.8. The highest BCUT2D eigenvalue weighted by Gasteiger charge is 2.27. The van der Waals surface area contributed by atoms with E-state index in [-0.39, 0.29) is 25.6 Å². The van der Waals surface area contributed by atoms with Crippen LogP contribution in [0.4, 0.5) is 0 Å². The fourth-order valence-corrected chi connectivity index (χ4v) is 10.1. The van der Waals surface area contributed by atoms with Crippen LogP contribution in [0, 0.1) is 0 Å². The minimum absolute atomic E-state index is 0.0346. The molecule has 0 bridgehead atoms. The summed E-state index contributed by atoms with van der Waals surface area (Å²) in [6.45, 7) is 4.49. The van der Waals surface area contributed by atoms with Gasteiger partial charge in [-0.05, 0) is 44.9 Å². The maximum atomic E-state index is 12.8. The first-order valence-electron chi connectivity index (χ1n) is 31.6. The highest BCUT2D eigenvalue weighted by Crippen LogP contribution is 2.43. The van der Waals surface area contributed by atoms with E-state index in [4.69, 9.17) is 18.5 Å². The standard InChI is InChI=1S/C63H122NO8P/c1-6-8-10-12-14-16-18-20-22-24-26-28-30-32-34-36-38-40-42-44-46-48-50-52-54-56-63(66)72-61(60-71-73(67,68)70-58-57-64(3,4)5)59-69-62(65)55-53-51-49-47-45-43-41-39-37-35-33-31-29-27-25-23-21-19-17-15-13-11-9-7-2/h18,20,24,26,61H,6-17,19,21-23,25,27-60H2,1-5H3/p+1/b20-18-,26-24-. The Hall–Kier alpha value is -1.51. The summed E-state index contributed by atoms with van der Waals surface area (Å²) in [7, 11) is 1.49. The molecule has 0 radical (unpaired) electrons. The highest BCUT2D eigenvalue weighted by atomic mass is 31.2. The van der Waals surface area contributed by atoms with Gasteiger partial charge in [0.05, 0.1) is 27.7 Å². The van der Waals surface area contributed by atoms with Crippen molar-refractivity contribution in [2.75, 3.05) is 47.5 Å². The maximum Gasteiger partial charge on any atom is 0.472 e. The van der Waals surface area contributed by atoms with Gasteiger partial charge in [0.1, 0.15) is 19.8 Å². The first-order chi connectivity index (χ1) is 35.5. The second-order valence-corrected chi connectivity index (χ2v) is 24.3. The van der Waals surface area contributed by atoms with Gasteiger partial charge in [-0.1, -0.05) is 282 Å². The molecule has 0 aliphatic heterocycles. The Balaban J connectivity index is 4.08. The molecular formula is C63H123NO8P+. The summed E-state index contributed by atoms with van der Waals surface area (Å²) in [5, 5.41) is 0. The first kappa shape index (κ1) is 71.5. The van der Waals surface area contributed by atoms with E-state index >= 15 is 0 Å². The average Bonchev–Trinajstić information content (AvgIpc) is 3.35. The van der Waals surface area contributed by atoms with Gasteiger partial charge < -0.3 is 18.9 Å². The van der Waals surface area contributed by atoms with Crippen molar-refractivity contribution in [2.45, 2.75) is 322 Å². The van der Waals surface area contributed by atoms with Gasteiger partial charge in [-0.25, -0.2) is 4.57 Å². The zero-order valence-corrected chi connectivity index (χ0v) is 50.0. The largest absolute Gasteiger partial charge is 0.472 e. The van der Waals surface area contributed by atoms with Crippen LogP contribution in [0.25, 0.3) is 0 Å². The fourth-order valence-electron chi connectivity index (χ4n) is 9.34. The van der Waals surface area contributed by atoms with E-state index in [0.29, 0.717) is 23.9 Å². The molecule has 0 spiro atoms. The van der Waals surface area contributed by atoms with Gasteiger partial charge in [0, 0.05) is 12.8 Å². The van der Waals surface area contributed by atoms with Crippen LogP contribution in [-0.4, -0.2) is 74.9 Å². The summed E-state index contributed by atoms with van der Waals surface area (Å²) in [5.41, 5.74) is 0. The van der Waals surface area contributed by atoms with Crippen molar-refractivity contribution in [1.29, 1.82) is 0 Å². The zero-order valence-electron chi connectivity index (χ0n) is 49.1. The molecular weight excluding hydrogens is 930 g/mol. The molecule has 432 valence electrons. The minimum atomic E-state index is -4.38. The Bertz CT molecular complexity index is 1280. The number of carbonyl (C=O) groups is 2. The quantitative estimate of drug-likeness (QED) is 0.0211. The van der Waals surface area contributed by atoms with E-state index in [1.807, 2.05) is 21.1 Å². The number of likely N-dealkylation sites (N-methyl/N-ethyl adjacent to an activating group) is 1. The summed E-state index contributed by atoms with van der Waals surface area (Å²) in [6, 6.07) is 0. The molecule has 0 saturated carbocycles. The third-order valence-corrected chi connectivity index (χ3v) is 15.2. The van der Waals surface area contributed by atoms with Crippen LogP contribution >= 0.6 is 7.82 Å². The summed E-state index contributed by atoms with van der Waals surface area (Å²) in [5.74, 6) is -0.779. The maximum absolute atomic E-state index is 12.8. The second-order valence-electron chi connectivity index (χ2n) is 22.8. The van der Waals surface area contributed by atoms with E-state index in [1.54, 1.807) is 0 Å². The number of hydrogen-bond acceptors (Lipinski definition) is 7. The molecule has 1 N–H and O–H groups in total. The number of rotatable bonds is 59. The predicted molar refractivity (Wildman–Crippen MR) is 312 cm³/mol. The third kappa shape index (κ3) is 59.6. The van der Waals surface area contributed by atoms with Crippen molar-refractivity contribution in [1.82, 2.24) is 0 Å². The van der Waals surface area contributed by atoms with Crippen LogP contribution in [0.2, 0.25) is 0 Å². The number of carbonyl (C=O) groups excluding carboxylic acids is 2. The lowest BCUT2D eigenvalue weighted by Gasteiger charge is -2.24. The minimum Gasteiger partial charge on any atom is -0.462 e. The van der Waals surface area contributed by atoms with E-state index in [0.717, 1.165) is 38.5 Å². The number of unbranched alkanes of at least 4 members (excludes halogenated alkanes) is 41. The number of phosphoric acid groups is 1. The molecule has 0 aromatic carbocycles. The molecule has 2 unspecified atom stereocenters. The molecule has 73 heavy (non-hydrogen) atoms. The number of hydrogen-bond donors (Lipinski definition) is 1. The average molecular weight is 1050 g/mol. The van der Waals surface area contributed by atoms with Crippen molar-refractivity contribution in [3.05, 3.63) is 24.3 Å². The second kappa shape index (κ2) is 55.3. The smallest absolute Gasteiger partial charge is 0.462 e. The topological polar surface area (TPSA) is 108 Å². The fraction of sp³-hybridized carbons (Fsp3) is 0.905. The van der Waals surface area contributed by atoms with Gasteiger partial charge in [0.25, 0.3) is 0 Å². The molecule has 0 aromatic heterocycles. The van der Waals surface area contributed by atoms with Crippen molar-refractivity contribution >= 4 is 19.8 Å². The summed E-state index contributed by atoms with van der Waals surface area (Å²) in [4.78, 5) is 35.8. The van der Waals surface area contributed by atoms with Gasteiger partial charge in [-0.3, -0.25) is 18.6 Å². The zero-order chi connectivity index (χ0) is 53.5. The molecule has 0 aliphatic rings. The number of phosphoric ester groups is 1. The van der Waals surface area contributed by atoms with E-state index in [9.17, 15) is 19.0 Å². The van der Waals surface area contributed by atoms with Crippen LogP contribution < -0.4 is 0 Å². The number of quaternary nitrogens is 1. The molecule has 0 aliphatic carbocycles. The van der Waals surface area contributed by atoms with Crippen LogP contribution in [0.1, 0.15) is 316 Å². The van der Waals surface area contributed by atoms with Crippen molar-refractivity contribution in [3.63, 3.8) is 0 Å². The SMILES string of the molecule is CCCCCCC/C=C\C/C=C\CCCCCCCCCCCCCCCC(=O)OC(COC(=O)CCCCCCCCCCCCCCCCCCCCCCCCCC)COP(=O)(O)OCC[N+](C)(C)C. The summed E-state index contributed by atoms with van der Waals surface area (Å²) in [6.07, 6.45) is 66.8. The molecule has 0 fully saturated rings.